The van der Waals surface area contributed by atoms with Crippen molar-refractivity contribution < 1.29 is 23.1 Å². The summed E-state index contributed by atoms with van der Waals surface area (Å²) >= 11 is 0. The quantitative estimate of drug-likeness (QED) is 0.203. The molecule has 0 aliphatic carbocycles. The summed E-state index contributed by atoms with van der Waals surface area (Å²) in [4.78, 5) is 11.0. The molecule has 0 amide bonds. The molecule has 34 heavy (non-hydrogen) atoms. The second-order valence-electron chi connectivity index (χ2n) is 12.5. The first kappa shape index (κ1) is 28.5. The monoisotopic (exact) mass is 506 g/mol. The van der Waals surface area contributed by atoms with Crippen LogP contribution in [0.25, 0.3) is 6.08 Å². The largest absolute Gasteiger partial charge is 0.543 e. The van der Waals surface area contributed by atoms with E-state index in [0.717, 1.165) is 46.8 Å². The van der Waals surface area contributed by atoms with E-state index in [-0.39, 0.29) is 16.0 Å². The Bertz CT molecular complexity index is 934. The summed E-state index contributed by atoms with van der Waals surface area (Å²) in [5.74, 6) is 2.49. The summed E-state index contributed by atoms with van der Waals surface area (Å²) in [6.45, 7) is 27.1. The van der Waals surface area contributed by atoms with Gasteiger partial charge in [-0.3, -0.25) is 4.79 Å². The number of rotatable bonds is 8. The van der Waals surface area contributed by atoms with Crippen molar-refractivity contribution in [1.29, 1.82) is 0 Å². The minimum atomic E-state index is -2.08. The number of esters is 1. The molecule has 192 valence electrons. The van der Waals surface area contributed by atoms with Gasteiger partial charge in [0.15, 0.2) is 0 Å². The van der Waals surface area contributed by atoms with Crippen molar-refractivity contribution >= 4 is 28.7 Å². The average Bonchev–Trinajstić information content (AvgIpc) is 2.66. The van der Waals surface area contributed by atoms with E-state index in [1.807, 2.05) is 0 Å². The topological polar surface area (TPSA) is 54.0 Å². The zero-order valence-electron chi connectivity index (χ0n) is 23.5. The van der Waals surface area contributed by atoms with E-state index in [1.54, 1.807) is 0 Å². The fraction of sp³-hybridized carbons (Fsp3) is 0.667. The van der Waals surface area contributed by atoms with Crippen LogP contribution in [0.2, 0.25) is 36.3 Å². The fourth-order valence-electron chi connectivity index (χ4n) is 3.15. The first-order valence-corrected chi connectivity index (χ1v) is 18.2. The van der Waals surface area contributed by atoms with E-state index < -0.39 is 16.6 Å². The number of ether oxygens (including phenoxy) is 2. The molecule has 1 aromatic carbocycles. The van der Waals surface area contributed by atoms with Crippen molar-refractivity contribution in [3.8, 4) is 11.5 Å². The molecule has 0 fully saturated rings. The van der Waals surface area contributed by atoms with E-state index in [9.17, 15) is 4.79 Å². The van der Waals surface area contributed by atoms with Crippen LogP contribution in [0.4, 0.5) is 0 Å². The third-order valence-corrected chi connectivity index (χ3v) is 16.2. The van der Waals surface area contributed by atoms with Crippen LogP contribution < -0.4 is 8.85 Å². The highest BCUT2D eigenvalue weighted by Gasteiger charge is 2.42. The first-order valence-electron chi connectivity index (χ1n) is 12.4. The molecule has 2 rings (SSSR count). The maximum Gasteiger partial charge on any atom is 0.302 e. The smallest absolute Gasteiger partial charge is 0.302 e. The van der Waals surface area contributed by atoms with Gasteiger partial charge in [-0.1, -0.05) is 41.5 Å². The molecule has 0 saturated carbocycles. The van der Waals surface area contributed by atoms with Gasteiger partial charge in [-0.2, -0.15) is 0 Å². The van der Waals surface area contributed by atoms with Gasteiger partial charge in [0.05, 0.1) is 12.4 Å². The zero-order chi connectivity index (χ0) is 26.1. The maximum atomic E-state index is 11.0. The van der Waals surface area contributed by atoms with E-state index in [2.05, 4.69) is 86.8 Å². The third-order valence-electron chi connectivity index (χ3n) is 7.55. The molecule has 1 aliphatic rings. The number of fused-ring (bicyclic) bond motifs is 1. The van der Waals surface area contributed by atoms with Gasteiger partial charge >= 0.3 is 5.97 Å². The molecular formula is C27H46O5Si2. The Morgan fingerprint density at radius 3 is 2.09 bits per heavy atom. The molecule has 0 atom stereocenters. The second-order valence-corrected chi connectivity index (χ2v) is 21.9. The fourth-order valence-corrected chi connectivity index (χ4v) is 5.31. The van der Waals surface area contributed by atoms with Crippen LogP contribution >= 0.6 is 0 Å². The number of carbonyl (C=O) groups is 1. The van der Waals surface area contributed by atoms with Crippen molar-refractivity contribution in [2.75, 3.05) is 6.61 Å². The SMILES string of the molecule is CC(=O)OCCCC1=Cc2cc(O[Si](C)(C)C(C)(C)C)c(C)c(O[Si](C)(C)C(C)(C)C)c2CO1. The zero-order valence-corrected chi connectivity index (χ0v) is 25.5. The lowest BCUT2D eigenvalue weighted by molar-refractivity contribution is -0.141. The minimum Gasteiger partial charge on any atom is -0.543 e. The van der Waals surface area contributed by atoms with Crippen molar-refractivity contribution in [3.63, 3.8) is 0 Å². The Balaban J connectivity index is 2.52. The van der Waals surface area contributed by atoms with Gasteiger partial charge in [0.2, 0.25) is 8.32 Å². The van der Waals surface area contributed by atoms with E-state index in [0.29, 0.717) is 13.2 Å². The predicted octanol–water partition coefficient (Wildman–Crippen LogP) is 7.98. The molecular weight excluding hydrogens is 460 g/mol. The molecule has 1 heterocycles. The minimum absolute atomic E-state index is 0.0792. The van der Waals surface area contributed by atoms with Gasteiger partial charge in [-0.05, 0) is 67.3 Å². The molecule has 0 radical (unpaired) electrons. The van der Waals surface area contributed by atoms with Gasteiger partial charge in [-0.15, -0.1) is 0 Å². The Hall–Kier alpha value is -1.74. The van der Waals surface area contributed by atoms with Gasteiger partial charge in [0, 0.05) is 24.5 Å². The van der Waals surface area contributed by atoms with Crippen molar-refractivity contribution in [2.24, 2.45) is 0 Å². The van der Waals surface area contributed by atoms with Gasteiger partial charge in [0.25, 0.3) is 8.32 Å². The van der Waals surface area contributed by atoms with Crippen LogP contribution in [0, 0.1) is 6.92 Å². The van der Waals surface area contributed by atoms with Crippen molar-refractivity contribution in [1.82, 2.24) is 0 Å². The van der Waals surface area contributed by atoms with Crippen LogP contribution in [0.15, 0.2) is 11.8 Å². The molecule has 0 saturated heterocycles. The molecule has 0 unspecified atom stereocenters. The van der Waals surface area contributed by atoms with Crippen molar-refractivity contribution in [3.05, 3.63) is 28.5 Å². The molecule has 7 heteroatoms. The molecule has 0 bridgehead atoms. The Labute approximate surface area is 209 Å². The molecule has 0 spiro atoms. The number of hydrogen-bond donors (Lipinski definition) is 0. The standard InChI is InChI=1S/C27H46O5Si2/c1-19-24(31-33(9,10)26(3,4)5)17-21-16-22(14-13-15-29-20(2)28)30-18-23(21)25(19)32-34(11,12)27(6,7)8/h16-17H,13-15,18H2,1-12H3. The predicted molar refractivity (Wildman–Crippen MR) is 145 cm³/mol. The van der Waals surface area contributed by atoms with E-state index in [1.165, 1.54) is 6.92 Å². The summed E-state index contributed by atoms with van der Waals surface area (Å²) in [6, 6.07) is 2.16. The van der Waals surface area contributed by atoms with Crippen LogP contribution in [0.5, 0.6) is 11.5 Å². The van der Waals surface area contributed by atoms with Crippen LogP contribution in [0.3, 0.4) is 0 Å². The molecule has 0 aromatic heterocycles. The summed E-state index contributed by atoms with van der Waals surface area (Å²) in [7, 11) is -4.12. The van der Waals surface area contributed by atoms with E-state index >= 15 is 0 Å². The Morgan fingerprint density at radius 2 is 1.56 bits per heavy atom. The molecule has 5 nitrogen and oxygen atoms in total. The molecule has 1 aliphatic heterocycles. The number of allylic oxidation sites excluding steroid dienone is 1. The summed E-state index contributed by atoms with van der Waals surface area (Å²) in [5.41, 5.74) is 3.25. The first-order chi connectivity index (χ1) is 15.4. The molecule has 1 aromatic rings. The molecule has 0 N–H and O–H groups in total. The summed E-state index contributed by atoms with van der Waals surface area (Å²) in [5, 5.41) is 0.173. The highest BCUT2D eigenvalue weighted by Crippen LogP contribution is 2.46. The second kappa shape index (κ2) is 10.1. The lowest BCUT2D eigenvalue weighted by Gasteiger charge is -2.40. The van der Waals surface area contributed by atoms with E-state index in [4.69, 9.17) is 18.3 Å². The number of hydrogen-bond acceptors (Lipinski definition) is 5. The maximum absolute atomic E-state index is 11.0. The highest BCUT2D eigenvalue weighted by atomic mass is 28.4. The highest BCUT2D eigenvalue weighted by molar-refractivity contribution is 6.75. The Morgan fingerprint density at radius 1 is 1.00 bits per heavy atom. The summed E-state index contributed by atoms with van der Waals surface area (Å²) in [6.07, 6.45) is 3.55. The van der Waals surface area contributed by atoms with Crippen LogP contribution in [-0.2, 0) is 20.9 Å². The lowest BCUT2D eigenvalue weighted by atomic mass is 9.99. The third kappa shape index (κ3) is 6.69. The Kier molecular flexibility index (Phi) is 8.46. The van der Waals surface area contributed by atoms with Gasteiger partial charge in [0.1, 0.15) is 18.1 Å². The number of carbonyl (C=O) groups excluding carboxylic acids is 1. The van der Waals surface area contributed by atoms with Crippen molar-refractivity contribution in [2.45, 2.75) is 111 Å². The van der Waals surface area contributed by atoms with Gasteiger partial charge < -0.3 is 18.3 Å². The number of benzene rings is 1. The van der Waals surface area contributed by atoms with Gasteiger partial charge in [-0.25, -0.2) is 0 Å². The average molecular weight is 507 g/mol. The normalized spacial score (nSPS) is 14.6. The lowest BCUT2D eigenvalue weighted by Crippen LogP contribution is -2.45. The summed E-state index contributed by atoms with van der Waals surface area (Å²) < 4.78 is 24.9. The van der Waals surface area contributed by atoms with Crippen LogP contribution in [0.1, 0.15) is 78.0 Å². The van der Waals surface area contributed by atoms with Crippen LogP contribution in [-0.4, -0.2) is 29.2 Å².